The van der Waals surface area contributed by atoms with Gasteiger partial charge in [-0.2, -0.15) is 0 Å². The lowest BCUT2D eigenvalue weighted by molar-refractivity contribution is 0.457. The molecular formula is C9H18N4S2. The zero-order chi connectivity index (χ0) is 11.3. The molecule has 0 saturated heterocycles. The van der Waals surface area contributed by atoms with Gasteiger partial charge in [0.05, 0.1) is 0 Å². The van der Waals surface area contributed by atoms with E-state index in [2.05, 4.69) is 43.2 Å². The van der Waals surface area contributed by atoms with Crippen LogP contribution < -0.4 is 0 Å². The number of nitrogens with zero attached hydrogens (tertiary/aromatic N) is 4. The first kappa shape index (κ1) is 12.8. The number of hydrogen-bond acceptors (Lipinski definition) is 5. The molecule has 0 bridgehead atoms. The van der Waals surface area contributed by atoms with E-state index in [4.69, 9.17) is 0 Å². The van der Waals surface area contributed by atoms with Crippen molar-refractivity contribution in [2.24, 2.45) is 5.92 Å². The molecule has 0 unspecified atom stereocenters. The van der Waals surface area contributed by atoms with Crippen LogP contribution >= 0.6 is 21.6 Å². The second kappa shape index (κ2) is 6.37. The van der Waals surface area contributed by atoms with Crippen LogP contribution in [0.4, 0.5) is 0 Å². The number of hydrogen-bond donors (Lipinski definition) is 0. The molecular weight excluding hydrogens is 228 g/mol. The molecule has 0 fully saturated rings. The van der Waals surface area contributed by atoms with Crippen molar-refractivity contribution >= 4 is 21.6 Å². The van der Waals surface area contributed by atoms with Crippen LogP contribution in [0.25, 0.3) is 0 Å². The van der Waals surface area contributed by atoms with E-state index < -0.39 is 0 Å². The number of aryl methyl sites for hydroxylation is 1. The van der Waals surface area contributed by atoms with E-state index in [0.29, 0.717) is 11.2 Å². The summed E-state index contributed by atoms with van der Waals surface area (Å²) < 4.78 is 1.89. The molecule has 0 aliphatic heterocycles. The molecule has 1 rings (SSSR count). The predicted octanol–water partition coefficient (Wildman–Crippen LogP) is 2.87. The van der Waals surface area contributed by atoms with E-state index >= 15 is 0 Å². The molecule has 86 valence electrons. The summed E-state index contributed by atoms with van der Waals surface area (Å²) in [5.41, 5.74) is 0. The molecule has 0 aliphatic carbocycles. The van der Waals surface area contributed by atoms with Crippen LogP contribution in [0.5, 0.6) is 0 Å². The fourth-order valence-corrected chi connectivity index (χ4v) is 2.67. The molecule has 0 amide bonds. The van der Waals surface area contributed by atoms with Gasteiger partial charge in [0.1, 0.15) is 0 Å². The largest absolute Gasteiger partial charge is 0.220 e. The van der Waals surface area contributed by atoms with Crippen molar-refractivity contribution in [3.05, 3.63) is 0 Å². The second-order valence-electron chi connectivity index (χ2n) is 4.10. The molecule has 4 nitrogen and oxygen atoms in total. The maximum absolute atomic E-state index is 4.01. The molecule has 1 aromatic rings. The maximum Gasteiger partial charge on any atom is 0.219 e. The van der Waals surface area contributed by atoms with Crippen molar-refractivity contribution < 1.29 is 0 Å². The highest BCUT2D eigenvalue weighted by Gasteiger charge is 2.08. The molecule has 0 atom stereocenters. The Hall–Kier alpha value is -0.230. The normalized spacial score (nSPS) is 11.6. The quantitative estimate of drug-likeness (QED) is 0.722. The van der Waals surface area contributed by atoms with Crippen molar-refractivity contribution in [3.8, 4) is 0 Å². The topological polar surface area (TPSA) is 43.6 Å². The van der Waals surface area contributed by atoms with Crippen LogP contribution in [-0.4, -0.2) is 25.5 Å². The second-order valence-corrected chi connectivity index (χ2v) is 6.84. The Labute approximate surface area is 99.0 Å². The van der Waals surface area contributed by atoms with Gasteiger partial charge in [-0.15, -0.1) is 5.10 Å². The minimum atomic E-state index is 0.588. The van der Waals surface area contributed by atoms with Crippen LogP contribution in [-0.2, 0) is 6.54 Å². The summed E-state index contributed by atoms with van der Waals surface area (Å²) in [6, 6.07) is 0. The van der Waals surface area contributed by atoms with Gasteiger partial charge in [-0.25, -0.2) is 4.68 Å². The predicted molar refractivity (Wildman–Crippen MR) is 65.9 cm³/mol. The Morgan fingerprint density at radius 1 is 1.27 bits per heavy atom. The average molecular weight is 246 g/mol. The van der Waals surface area contributed by atoms with Gasteiger partial charge in [0.25, 0.3) is 0 Å². The monoisotopic (exact) mass is 246 g/mol. The summed E-state index contributed by atoms with van der Waals surface area (Å²) in [4.78, 5) is 0. The van der Waals surface area contributed by atoms with E-state index in [0.717, 1.165) is 18.1 Å². The van der Waals surface area contributed by atoms with E-state index in [1.165, 1.54) is 0 Å². The van der Waals surface area contributed by atoms with Crippen LogP contribution in [0.15, 0.2) is 5.16 Å². The summed E-state index contributed by atoms with van der Waals surface area (Å²) >= 11 is 0. The standard InChI is InChI=1S/C9H18N4S2/c1-7(2)5-6-13-9(10-11-12-13)15-14-8(3)4/h7-8H,5-6H2,1-4H3. The van der Waals surface area contributed by atoms with Crippen molar-refractivity contribution in [1.29, 1.82) is 0 Å². The fourth-order valence-electron chi connectivity index (χ4n) is 0.916. The van der Waals surface area contributed by atoms with Crippen LogP contribution in [0.3, 0.4) is 0 Å². The van der Waals surface area contributed by atoms with Gasteiger partial charge in [0.15, 0.2) is 0 Å². The van der Waals surface area contributed by atoms with Gasteiger partial charge in [0.2, 0.25) is 5.16 Å². The third-order valence-electron chi connectivity index (χ3n) is 1.73. The summed E-state index contributed by atoms with van der Waals surface area (Å²) in [6.45, 7) is 9.66. The molecule has 0 aromatic carbocycles. The molecule has 0 N–H and O–H groups in total. The Bertz CT molecular complexity index is 259. The van der Waals surface area contributed by atoms with Crippen molar-refractivity contribution in [3.63, 3.8) is 0 Å². The maximum atomic E-state index is 4.01. The molecule has 6 heteroatoms. The molecule has 0 saturated carbocycles. The highest BCUT2D eigenvalue weighted by molar-refractivity contribution is 8.76. The van der Waals surface area contributed by atoms with Crippen molar-refractivity contribution in [2.45, 2.75) is 51.1 Å². The molecule has 0 radical (unpaired) electrons. The van der Waals surface area contributed by atoms with Crippen LogP contribution in [0.1, 0.15) is 34.1 Å². The SMILES string of the molecule is CC(C)CCn1nnnc1SSC(C)C. The van der Waals surface area contributed by atoms with E-state index in [9.17, 15) is 0 Å². The first-order valence-corrected chi connectivity index (χ1v) is 7.40. The molecule has 1 aromatic heterocycles. The third kappa shape index (κ3) is 4.88. The summed E-state index contributed by atoms with van der Waals surface area (Å²) in [6.07, 6.45) is 1.12. The lowest BCUT2D eigenvalue weighted by Crippen LogP contribution is -2.04. The molecule has 0 aliphatic rings. The Morgan fingerprint density at radius 2 is 2.00 bits per heavy atom. The zero-order valence-corrected chi connectivity index (χ0v) is 11.3. The fraction of sp³-hybridized carbons (Fsp3) is 0.889. The van der Waals surface area contributed by atoms with Crippen LogP contribution in [0.2, 0.25) is 0 Å². The van der Waals surface area contributed by atoms with E-state index in [1.807, 2.05) is 4.68 Å². The van der Waals surface area contributed by atoms with Gasteiger partial charge in [-0.1, -0.05) is 38.5 Å². The summed E-state index contributed by atoms with van der Waals surface area (Å²) in [5.74, 6) is 0.685. The first-order chi connectivity index (χ1) is 7.09. The summed E-state index contributed by atoms with van der Waals surface area (Å²) in [5, 5.41) is 13.2. The lowest BCUT2D eigenvalue weighted by atomic mass is 10.1. The van der Waals surface area contributed by atoms with Crippen molar-refractivity contribution in [1.82, 2.24) is 20.2 Å². The summed E-state index contributed by atoms with van der Waals surface area (Å²) in [7, 11) is 3.45. The number of tetrazole rings is 1. The minimum Gasteiger partial charge on any atom is -0.220 e. The lowest BCUT2D eigenvalue weighted by Gasteiger charge is -2.06. The van der Waals surface area contributed by atoms with E-state index in [1.54, 1.807) is 21.6 Å². The molecule has 1 heterocycles. The van der Waals surface area contributed by atoms with Gasteiger partial charge in [-0.05, 0) is 33.6 Å². The van der Waals surface area contributed by atoms with Crippen LogP contribution in [0, 0.1) is 5.92 Å². The Kier molecular flexibility index (Phi) is 5.45. The Balaban J connectivity index is 2.46. The minimum absolute atomic E-state index is 0.588. The van der Waals surface area contributed by atoms with Gasteiger partial charge in [0, 0.05) is 11.8 Å². The molecule has 0 spiro atoms. The zero-order valence-electron chi connectivity index (χ0n) is 9.67. The third-order valence-corrected chi connectivity index (χ3v) is 4.55. The smallest absolute Gasteiger partial charge is 0.219 e. The first-order valence-electron chi connectivity index (χ1n) is 5.19. The average Bonchev–Trinajstić information content (AvgIpc) is 2.58. The number of rotatable bonds is 6. The van der Waals surface area contributed by atoms with Gasteiger partial charge in [-0.3, -0.25) is 0 Å². The number of aromatic nitrogens is 4. The highest BCUT2D eigenvalue weighted by Crippen LogP contribution is 2.32. The highest BCUT2D eigenvalue weighted by atomic mass is 33.1. The van der Waals surface area contributed by atoms with Crippen molar-refractivity contribution in [2.75, 3.05) is 0 Å². The van der Waals surface area contributed by atoms with Gasteiger partial charge >= 0.3 is 0 Å². The van der Waals surface area contributed by atoms with Gasteiger partial charge < -0.3 is 0 Å². The molecule has 15 heavy (non-hydrogen) atoms. The van der Waals surface area contributed by atoms with E-state index in [-0.39, 0.29) is 0 Å². The Morgan fingerprint density at radius 3 is 2.60 bits per heavy atom.